The number of carboxylic acid groups (broad SMARTS) is 1. The minimum absolute atomic E-state index is 0.0511. The molecule has 0 bridgehead atoms. The number of benzene rings is 2. The fraction of sp³-hybridized carbons (Fsp3) is 0.176. The third-order valence-corrected chi connectivity index (χ3v) is 3.49. The van der Waals surface area contributed by atoms with Crippen molar-refractivity contribution in [2.75, 3.05) is 0 Å². The van der Waals surface area contributed by atoms with Crippen molar-refractivity contribution in [3.8, 4) is 0 Å². The zero-order valence-corrected chi connectivity index (χ0v) is 12.7. The highest BCUT2D eigenvalue weighted by atomic mass is 16.6. The minimum Gasteiger partial charge on any atom is -0.480 e. The summed E-state index contributed by atoms with van der Waals surface area (Å²) in [6.45, 7) is 0. The van der Waals surface area contributed by atoms with Gasteiger partial charge in [0.15, 0.2) is 0 Å². The number of carbonyl (C=O) groups excluding carboxylic acids is 1. The topological polar surface area (TPSA) is 110 Å². The third-order valence-electron chi connectivity index (χ3n) is 3.49. The maximum absolute atomic E-state index is 12.1. The lowest BCUT2D eigenvalue weighted by Crippen LogP contribution is -2.41. The monoisotopic (exact) mass is 328 g/mol. The molecule has 124 valence electrons. The fourth-order valence-electron chi connectivity index (χ4n) is 2.22. The van der Waals surface area contributed by atoms with E-state index >= 15 is 0 Å². The molecular weight excluding hydrogens is 312 g/mol. The number of aliphatic carboxylic acids is 1. The quantitative estimate of drug-likeness (QED) is 0.599. The van der Waals surface area contributed by atoms with Crippen molar-refractivity contribution in [1.29, 1.82) is 0 Å². The molecule has 0 aromatic heterocycles. The molecule has 24 heavy (non-hydrogen) atoms. The number of carbonyl (C=O) groups is 2. The molecule has 2 aromatic rings. The Balaban J connectivity index is 2.04. The van der Waals surface area contributed by atoms with Crippen molar-refractivity contribution in [3.05, 3.63) is 75.8 Å². The molecule has 0 aliphatic heterocycles. The van der Waals surface area contributed by atoms with Gasteiger partial charge in [-0.1, -0.05) is 36.4 Å². The Morgan fingerprint density at radius 2 is 1.83 bits per heavy atom. The predicted octanol–water partition coefficient (Wildman–Crippen LogP) is 2.41. The van der Waals surface area contributed by atoms with Gasteiger partial charge in [-0.15, -0.1) is 0 Å². The maximum Gasteiger partial charge on any atom is 0.326 e. The second kappa shape index (κ2) is 7.87. The van der Waals surface area contributed by atoms with Gasteiger partial charge in [0.2, 0.25) is 0 Å². The summed E-state index contributed by atoms with van der Waals surface area (Å²) >= 11 is 0. The summed E-state index contributed by atoms with van der Waals surface area (Å²) < 4.78 is 0. The van der Waals surface area contributed by atoms with E-state index in [0.717, 1.165) is 11.6 Å². The number of hydrogen-bond donors (Lipinski definition) is 2. The predicted molar refractivity (Wildman–Crippen MR) is 86.7 cm³/mol. The lowest BCUT2D eigenvalue weighted by molar-refractivity contribution is -0.384. The van der Waals surface area contributed by atoms with Gasteiger partial charge in [-0.3, -0.25) is 14.9 Å². The fourth-order valence-corrected chi connectivity index (χ4v) is 2.22. The minimum atomic E-state index is -1.15. The van der Waals surface area contributed by atoms with Gasteiger partial charge in [0.1, 0.15) is 6.04 Å². The first-order chi connectivity index (χ1) is 11.5. The summed E-state index contributed by atoms with van der Waals surface area (Å²) in [5.41, 5.74) is 0.794. The maximum atomic E-state index is 12.1. The van der Waals surface area contributed by atoms with Gasteiger partial charge in [0, 0.05) is 17.7 Å². The number of non-ortho nitro benzene ring substituents is 1. The molecular formula is C17H16N2O5. The first-order valence-electron chi connectivity index (χ1n) is 7.29. The van der Waals surface area contributed by atoms with Crippen LogP contribution in [-0.2, 0) is 11.2 Å². The normalized spacial score (nSPS) is 11.5. The number of nitrogens with zero attached hydrogens (tertiary/aromatic N) is 1. The van der Waals surface area contributed by atoms with Crippen LogP contribution >= 0.6 is 0 Å². The number of aryl methyl sites for hydroxylation is 1. The van der Waals surface area contributed by atoms with E-state index in [4.69, 9.17) is 0 Å². The van der Waals surface area contributed by atoms with Crippen LogP contribution in [0.4, 0.5) is 5.69 Å². The smallest absolute Gasteiger partial charge is 0.326 e. The number of nitro groups is 1. The van der Waals surface area contributed by atoms with Crippen LogP contribution in [0.15, 0.2) is 54.6 Å². The highest BCUT2D eigenvalue weighted by Gasteiger charge is 2.21. The van der Waals surface area contributed by atoms with Crippen LogP contribution in [0, 0.1) is 10.1 Å². The van der Waals surface area contributed by atoms with E-state index in [1.54, 1.807) is 0 Å². The summed E-state index contributed by atoms with van der Waals surface area (Å²) in [6.07, 6.45) is 0.715. The first-order valence-corrected chi connectivity index (χ1v) is 7.29. The van der Waals surface area contributed by atoms with Gasteiger partial charge in [-0.25, -0.2) is 4.79 Å². The Hall–Kier alpha value is -3.22. The summed E-state index contributed by atoms with van der Waals surface area (Å²) in [7, 11) is 0. The Morgan fingerprint density at radius 3 is 2.46 bits per heavy atom. The van der Waals surface area contributed by atoms with Crippen LogP contribution in [0.2, 0.25) is 0 Å². The standard InChI is InChI=1S/C17H16N2O5/c20-16(13-7-4-8-14(11-13)19(23)24)18-15(17(21)22)10-9-12-5-2-1-3-6-12/h1-8,11,15H,9-10H2,(H,18,20)(H,21,22)/t15-/m1/s1. The molecule has 0 aliphatic rings. The molecule has 0 radical (unpaired) electrons. The summed E-state index contributed by atoms with van der Waals surface area (Å²) in [4.78, 5) is 33.6. The molecule has 1 amide bonds. The number of nitrogens with one attached hydrogen (secondary N) is 1. The van der Waals surface area contributed by atoms with Gasteiger partial charge in [-0.05, 0) is 24.5 Å². The lowest BCUT2D eigenvalue weighted by Gasteiger charge is -2.14. The third kappa shape index (κ3) is 4.64. The average molecular weight is 328 g/mol. The SMILES string of the molecule is O=C(N[C@H](CCc1ccccc1)C(=O)O)c1cccc([N+](=O)[O-])c1. The number of hydrogen-bond acceptors (Lipinski definition) is 4. The molecule has 0 fully saturated rings. The van der Waals surface area contributed by atoms with E-state index in [-0.39, 0.29) is 17.7 Å². The van der Waals surface area contributed by atoms with Crippen molar-refractivity contribution < 1.29 is 19.6 Å². The molecule has 0 spiro atoms. The van der Waals surface area contributed by atoms with Crippen molar-refractivity contribution in [2.45, 2.75) is 18.9 Å². The Bertz CT molecular complexity index is 746. The van der Waals surface area contributed by atoms with Gasteiger partial charge in [-0.2, -0.15) is 0 Å². The molecule has 2 rings (SSSR count). The lowest BCUT2D eigenvalue weighted by atomic mass is 10.0. The molecule has 7 heteroatoms. The van der Waals surface area contributed by atoms with E-state index < -0.39 is 22.8 Å². The van der Waals surface area contributed by atoms with Crippen LogP contribution in [0.25, 0.3) is 0 Å². The molecule has 0 unspecified atom stereocenters. The number of nitro benzene ring substituents is 1. The summed E-state index contributed by atoms with van der Waals surface area (Å²) in [5.74, 6) is -1.80. The van der Waals surface area contributed by atoms with Crippen LogP contribution in [0.1, 0.15) is 22.3 Å². The number of amides is 1. The van der Waals surface area contributed by atoms with Crippen LogP contribution in [0.5, 0.6) is 0 Å². The van der Waals surface area contributed by atoms with Gasteiger partial charge >= 0.3 is 5.97 Å². The molecule has 2 aromatic carbocycles. The van der Waals surface area contributed by atoms with E-state index in [0.29, 0.717) is 6.42 Å². The first kappa shape index (κ1) is 17.1. The van der Waals surface area contributed by atoms with Crippen LogP contribution in [-0.4, -0.2) is 27.9 Å². The number of rotatable bonds is 7. The molecule has 0 saturated heterocycles. The van der Waals surface area contributed by atoms with E-state index in [1.807, 2.05) is 30.3 Å². The van der Waals surface area contributed by atoms with Gasteiger partial charge in [0.25, 0.3) is 11.6 Å². The zero-order chi connectivity index (χ0) is 17.5. The number of carboxylic acids is 1. The second-order valence-corrected chi connectivity index (χ2v) is 5.20. The molecule has 7 nitrogen and oxygen atoms in total. The molecule has 0 aliphatic carbocycles. The highest BCUT2D eigenvalue weighted by Crippen LogP contribution is 2.13. The largest absolute Gasteiger partial charge is 0.480 e. The van der Waals surface area contributed by atoms with Gasteiger partial charge in [0.05, 0.1) is 4.92 Å². The highest BCUT2D eigenvalue weighted by molar-refractivity contribution is 5.97. The molecule has 0 saturated carbocycles. The van der Waals surface area contributed by atoms with E-state index in [9.17, 15) is 24.8 Å². The van der Waals surface area contributed by atoms with Crippen LogP contribution in [0.3, 0.4) is 0 Å². The summed E-state index contributed by atoms with van der Waals surface area (Å²) in [6, 6.07) is 13.4. The van der Waals surface area contributed by atoms with Crippen molar-refractivity contribution >= 4 is 17.6 Å². The Kier molecular flexibility index (Phi) is 5.62. The molecule has 2 N–H and O–H groups in total. The summed E-state index contributed by atoms with van der Waals surface area (Å²) in [5, 5.41) is 22.4. The second-order valence-electron chi connectivity index (χ2n) is 5.20. The van der Waals surface area contributed by atoms with E-state index in [2.05, 4.69) is 5.32 Å². The Morgan fingerprint density at radius 1 is 1.12 bits per heavy atom. The Labute approximate surface area is 138 Å². The van der Waals surface area contributed by atoms with Crippen molar-refractivity contribution in [1.82, 2.24) is 5.32 Å². The van der Waals surface area contributed by atoms with Crippen LogP contribution < -0.4 is 5.32 Å². The average Bonchev–Trinajstić information content (AvgIpc) is 2.59. The molecule has 0 heterocycles. The van der Waals surface area contributed by atoms with Gasteiger partial charge < -0.3 is 10.4 Å². The zero-order valence-electron chi connectivity index (χ0n) is 12.7. The van der Waals surface area contributed by atoms with Crippen molar-refractivity contribution in [3.63, 3.8) is 0 Å². The van der Waals surface area contributed by atoms with E-state index in [1.165, 1.54) is 18.2 Å². The molecule has 1 atom stereocenters. The van der Waals surface area contributed by atoms with Crippen molar-refractivity contribution in [2.24, 2.45) is 0 Å².